The molecule has 0 unspecified atom stereocenters. The number of halogens is 3. The van der Waals surface area contributed by atoms with E-state index in [1.54, 1.807) is 6.20 Å². The number of benzene rings is 1. The number of nitrogens with one attached hydrogen (secondary N) is 1. The van der Waals surface area contributed by atoms with Crippen molar-refractivity contribution in [3.05, 3.63) is 40.6 Å². The van der Waals surface area contributed by atoms with Crippen LogP contribution in [-0.2, 0) is 0 Å². The summed E-state index contributed by atoms with van der Waals surface area (Å²) in [5.74, 6) is -0.659. The first kappa shape index (κ1) is 14.5. The molecule has 6 heteroatoms. The first-order valence-electron chi connectivity index (χ1n) is 7.09. The molecule has 1 heterocycles. The summed E-state index contributed by atoms with van der Waals surface area (Å²) in [6.07, 6.45) is 9.51. The van der Waals surface area contributed by atoms with E-state index in [9.17, 15) is 8.78 Å². The second kappa shape index (κ2) is 6.13. The molecule has 1 aromatic heterocycles. The third-order valence-corrected chi connectivity index (χ3v) is 4.51. The van der Waals surface area contributed by atoms with E-state index >= 15 is 0 Å². The lowest BCUT2D eigenvalue weighted by Crippen LogP contribution is -2.14. The average molecular weight is 356 g/mol. The Bertz CT molecular complexity index is 613. The van der Waals surface area contributed by atoms with Gasteiger partial charge in [0.2, 0.25) is 5.95 Å². The van der Waals surface area contributed by atoms with E-state index in [1.807, 2.05) is 10.8 Å². The summed E-state index contributed by atoms with van der Waals surface area (Å²) in [6, 6.07) is 2.49. The molecule has 1 aliphatic carbocycles. The molecule has 21 heavy (non-hydrogen) atoms. The van der Waals surface area contributed by atoms with E-state index in [-0.39, 0.29) is 5.69 Å². The molecular weight excluding hydrogens is 340 g/mol. The van der Waals surface area contributed by atoms with Crippen LogP contribution < -0.4 is 5.32 Å². The van der Waals surface area contributed by atoms with Crippen LogP contribution in [0.5, 0.6) is 0 Å². The lowest BCUT2D eigenvalue weighted by molar-refractivity contribution is 0.356. The normalized spacial score (nSPS) is 16.1. The van der Waals surface area contributed by atoms with Gasteiger partial charge in [0.05, 0.1) is 5.69 Å². The van der Waals surface area contributed by atoms with Gasteiger partial charge in [-0.05, 0) is 34.8 Å². The van der Waals surface area contributed by atoms with Crippen LogP contribution in [0, 0.1) is 11.6 Å². The van der Waals surface area contributed by atoms with Crippen LogP contribution in [0.25, 0.3) is 0 Å². The Morgan fingerprint density at radius 2 is 1.95 bits per heavy atom. The van der Waals surface area contributed by atoms with Gasteiger partial charge in [0.25, 0.3) is 0 Å². The maximum atomic E-state index is 13.9. The van der Waals surface area contributed by atoms with Crippen molar-refractivity contribution in [1.29, 1.82) is 0 Å². The summed E-state index contributed by atoms with van der Waals surface area (Å²) >= 11 is 3.18. The topological polar surface area (TPSA) is 29.9 Å². The highest BCUT2D eigenvalue weighted by atomic mass is 79.9. The van der Waals surface area contributed by atoms with Crippen molar-refractivity contribution < 1.29 is 8.78 Å². The highest BCUT2D eigenvalue weighted by Crippen LogP contribution is 2.33. The smallest absolute Gasteiger partial charge is 0.207 e. The minimum Gasteiger partial charge on any atom is -0.322 e. The van der Waals surface area contributed by atoms with Gasteiger partial charge in [-0.3, -0.25) is 0 Å². The predicted octanol–water partition coefficient (Wildman–Crippen LogP) is 5.17. The van der Waals surface area contributed by atoms with Crippen LogP contribution in [-0.4, -0.2) is 9.55 Å². The summed E-state index contributed by atoms with van der Waals surface area (Å²) in [5, 5.41) is 2.98. The van der Waals surface area contributed by atoms with Crippen molar-refractivity contribution >= 4 is 27.6 Å². The van der Waals surface area contributed by atoms with Crippen molar-refractivity contribution in [2.75, 3.05) is 5.32 Å². The van der Waals surface area contributed by atoms with Gasteiger partial charge in [-0.1, -0.05) is 19.3 Å². The van der Waals surface area contributed by atoms with E-state index in [0.717, 1.165) is 18.9 Å². The largest absolute Gasteiger partial charge is 0.322 e. The van der Waals surface area contributed by atoms with E-state index < -0.39 is 11.6 Å². The van der Waals surface area contributed by atoms with Gasteiger partial charge >= 0.3 is 0 Å². The zero-order valence-electron chi connectivity index (χ0n) is 11.5. The molecule has 1 N–H and O–H groups in total. The number of imidazole rings is 1. The summed E-state index contributed by atoms with van der Waals surface area (Å²) in [6.45, 7) is 0. The first-order chi connectivity index (χ1) is 10.1. The minimum atomic E-state index is -0.639. The molecular formula is C15H16BrF2N3. The Balaban J connectivity index is 1.87. The van der Waals surface area contributed by atoms with Gasteiger partial charge in [-0.2, -0.15) is 0 Å². The van der Waals surface area contributed by atoms with Crippen LogP contribution in [0.1, 0.15) is 38.1 Å². The second-order valence-electron chi connectivity index (χ2n) is 5.32. The molecule has 0 bridgehead atoms. The van der Waals surface area contributed by atoms with Crippen molar-refractivity contribution in [2.45, 2.75) is 38.1 Å². The molecule has 1 saturated carbocycles. The SMILES string of the molecule is Fc1cc(F)c(Nc2nccn2C2CCCCC2)c(Br)c1. The molecule has 112 valence electrons. The van der Waals surface area contributed by atoms with Crippen LogP contribution in [0.4, 0.5) is 20.4 Å². The zero-order valence-corrected chi connectivity index (χ0v) is 13.0. The number of rotatable bonds is 3. The minimum absolute atomic E-state index is 0.208. The third kappa shape index (κ3) is 3.10. The average Bonchev–Trinajstić information content (AvgIpc) is 2.92. The van der Waals surface area contributed by atoms with Crippen molar-refractivity contribution in [2.24, 2.45) is 0 Å². The fourth-order valence-electron chi connectivity index (χ4n) is 2.84. The quantitative estimate of drug-likeness (QED) is 0.822. The fraction of sp³-hybridized carbons (Fsp3) is 0.400. The standard InChI is InChI=1S/C15H16BrF2N3/c16-12-8-10(17)9-13(18)14(12)20-15-19-6-7-21(15)11-4-2-1-3-5-11/h6-9,11H,1-5H2,(H,19,20). The molecule has 3 nitrogen and oxygen atoms in total. The number of nitrogens with zero attached hydrogens (tertiary/aromatic N) is 2. The van der Waals surface area contributed by atoms with Crippen LogP contribution in [0.15, 0.2) is 29.0 Å². The lowest BCUT2D eigenvalue weighted by Gasteiger charge is -2.25. The zero-order chi connectivity index (χ0) is 14.8. The lowest BCUT2D eigenvalue weighted by atomic mass is 9.95. The molecule has 1 fully saturated rings. The highest BCUT2D eigenvalue weighted by Gasteiger charge is 2.19. The summed E-state index contributed by atoms with van der Waals surface area (Å²) in [5.41, 5.74) is 0.208. The van der Waals surface area contributed by atoms with Gasteiger partial charge in [0.15, 0.2) is 5.82 Å². The maximum absolute atomic E-state index is 13.9. The molecule has 0 amide bonds. The monoisotopic (exact) mass is 355 g/mol. The Morgan fingerprint density at radius 1 is 1.19 bits per heavy atom. The molecule has 0 spiro atoms. The molecule has 3 rings (SSSR count). The molecule has 0 aliphatic heterocycles. The number of hydrogen-bond donors (Lipinski definition) is 1. The number of hydrogen-bond acceptors (Lipinski definition) is 2. The van der Waals surface area contributed by atoms with Gasteiger partial charge in [0, 0.05) is 29.0 Å². The van der Waals surface area contributed by atoms with E-state index in [2.05, 4.69) is 26.2 Å². The van der Waals surface area contributed by atoms with Gasteiger partial charge in [-0.25, -0.2) is 13.8 Å². The molecule has 2 aromatic rings. The van der Waals surface area contributed by atoms with Crippen LogP contribution in [0.3, 0.4) is 0 Å². The molecule has 1 aromatic carbocycles. The Hall–Kier alpha value is -1.43. The highest BCUT2D eigenvalue weighted by molar-refractivity contribution is 9.10. The Kier molecular flexibility index (Phi) is 4.24. The van der Waals surface area contributed by atoms with Crippen LogP contribution in [0.2, 0.25) is 0 Å². The first-order valence-corrected chi connectivity index (χ1v) is 7.89. The molecule has 0 atom stereocenters. The molecule has 0 radical (unpaired) electrons. The van der Waals surface area contributed by atoms with Gasteiger partial charge in [-0.15, -0.1) is 0 Å². The Labute approximate surface area is 130 Å². The van der Waals surface area contributed by atoms with Gasteiger partial charge in [0.1, 0.15) is 5.82 Å². The molecule has 1 aliphatic rings. The van der Waals surface area contributed by atoms with Crippen molar-refractivity contribution in [3.63, 3.8) is 0 Å². The number of anilines is 2. The van der Waals surface area contributed by atoms with Crippen molar-refractivity contribution in [3.8, 4) is 0 Å². The van der Waals surface area contributed by atoms with Crippen LogP contribution >= 0.6 is 15.9 Å². The van der Waals surface area contributed by atoms with Crippen molar-refractivity contribution in [1.82, 2.24) is 9.55 Å². The Morgan fingerprint density at radius 3 is 2.67 bits per heavy atom. The van der Waals surface area contributed by atoms with Gasteiger partial charge < -0.3 is 9.88 Å². The number of aromatic nitrogens is 2. The molecule has 0 saturated heterocycles. The summed E-state index contributed by atoms with van der Waals surface area (Å²) in [4.78, 5) is 4.26. The maximum Gasteiger partial charge on any atom is 0.207 e. The summed E-state index contributed by atoms with van der Waals surface area (Å²) < 4.78 is 29.4. The van der Waals surface area contributed by atoms with E-state index in [0.29, 0.717) is 16.5 Å². The third-order valence-electron chi connectivity index (χ3n) is 3.88. The fourth-order valence-corrected chi connectivity index (χ4v) is 3.34. The van der Waals surface area contributed by atoms with E-state index in [1.165, 1.54) is 25.3 Å². The predicted molar refractivity (Wildman–Crippen MR) is 81.7 cm³/mol. The second-order valence-corrected chi connectivity index (χ2v) is 6.17. The van der Waals surface area contributed by atoms with E-state index in [4.69, 9.17) is 0 Å². The summed E-state index contributed by atoms with van der Waals surface area (Å²) in [7, 11) is 0.